The van der Waals surface area contributed by atoms with Gasteiger partial charge in [0.05, 0.1) is 12.9 Å². The highest BCUT2D eigenvalue weighted by atomic mass is 32.2. The SMILES string of the molecule is CNCCS(=O)(=O)c1ccccc1OC. The molecular formula is C10H15NO3S. The molecule has 1 aromatic rings. The number of sulfone groups is 1. The van der Waals surface area contributed by atoms with Crippen molar-refractivity contribution in [1.29, 1.82) is 0 Å². The van der Waals surface area contributed by atoms with Crippen LogP contribution in [0.15, 0.2) is 29.2 Å². The summed E-state index contributed by atoms with van der Waals surface area (Å²) in [5, 5.41) is 2.81. The topological polar surface area (TPSA) is 55.4 Å². The number of methoxy groups -OCH3 is 1. The Morgan fingerprint density at radius 1 is 1.33 bits per heavy atom. The second kappa shape index (κ2) is 5.14. The lowest BCUT2D eigenvalue weighted by Crippen LogP contribution is -2.19. The maximum atomic E-state index is 11.9. The molecule has 0 saturated heterocycles. The summed E-state index contributed by atoms with van der Waals surface area (Å²) in [5.74, 6) is 0.470. The van der Waals surface area contributed by atoms with E-state index in [2.05, 4.69) is 5.32 Å². The molecule has 0 saturated carbocycles. The number of hydrogen-bond acceptors (Lipinski definition) is 4. The van der Waals surface area contributed by atoms with Crippen molar-refractivity contribution >= 4 is 9.84 Å². The zero-order valence-corrected chi connectivity index (χ0v) is 9.67. The molecule has 0 fully saturated rings. The predicted molar refractivity (Wildman–Crippen MR) is 59.0 cm³/mol. The summed E-state index contributed by atoms with van der Waals surface area (Å²) in [5.41, 5.74) is 0. The van der Waals surface area contributed by atoms with Crippen molar-refractivity contribution in [1.82, 2.24) is 5.32 Å². The van der Waals surface area contributed by atoms with Crippen molar-refractivity contribution in [2.24, 2.45) is 0 Å². The Bertz CT molecular complexity index is 414. The summed E-state index contributed by atoms with van der Waals surface area (Å²) >= 11 is 0. The van der Waals surface area contributed by atoms with E-state index < -0.39 is 9.84 Å². The molecule has 84 valence electrons. The normalized spacial score (nSPS) is 11.3. The van der Waals surface area contributed by atoms with Gasteiger partial charge in [-0.2, -0.15) is 0 Å². The van der Waals surface area contributed by atoms with Crippen LogP contribution >= 0.6 is 0 Å². The Labute approximate surface area is 90.2 Å². The van der Waals surface area contributed by atoms with E-state index in [-0.39, 0.29) is 10.6 Å². The molecular weight excluding hydrogens is 214 g/mol. The van der Waals surface area contributed by atoms with Crippen molar-refractivity contribution in [3.8, 4) is 5.75 Å². The minimum absolute atomic E-state index is 0.0733. The summed E-state index contributed by atoms with van der Waals surface area (Å²) in [7, 11) is -0.0680. The van der Waals surface area contributed by atoms with Crippen LogP contribution in [0.1, 0.15) is 0 Å². The standard InChI is InChI=1S/C10H15NO3S/c1-11-7-8-15(12,13)10-6-4-3-5-9(10)14-2/h3-6,11H,7-8H2,1-2H3. The van der Waals surface area contributed by atoms with E-state index in [1.54, 1.807) is 31.3 Å². The van der Waals surface area contributed by atoms with Gasteiger partial charge in [-0.1, -0.05) is 12.1 Å². The molecule has 0 spiro atoms. The van der Waals surface area contributed by atoms with Crippen LogP contribution in [0.5, 0.6) is 5.75 Å². The molecule has 0 heterocycles. The monoisotopic (exact) mass is 229 g/mol. The van der Waals surface area contributed by atoms with Gasteiger partial charge in [0.25, 0.3) is 0 Å². The molecule has 0 aliphatic carbocycles. The van der Waals surface area contributed by atoms with Gasteiger partial charge in [0.15, 0.2) is 9.84 Å². The molecule has 4 nitrogen and oxygen atoms in total. The molecule has 0 bridgehead atoms. The summed E-state index contributed by atoms with van der Waals surface area (Å²) in [6.07, 6.45) is 0. The van der Waals surface area contributed by atoms with Gasteiger partial charge in [-0.3, -0.25) is 0 Å². The maximum Gasteiger partial charge on any atom is 0.183 e. The van der Waals surface area contributed by atoms with Crippen LogP contribution in [-0.2, 0) is 9.84 Å². The van der Waals surface area contributed by atoms with Gasteiger partial charge >= 0.3 is 0 Å². The third kappa shape index (κ3) is 2.94. The van der Waals surface area contributed by atoms with Gasteiger partial charge in [0.1, 0.15) is 10.6 Å². The second-order valence-corrected chi connectivity index (χ2v) is 5.15. The van der Waals surface area contributed by atoms with E-state index in [1.807, 2.05) is 0 Å². The lowest BCUT2D eigenvalue weighted by Gasteiger charge is -2.08. The quantitative estimate of drug-likeness (QED) is 0.807. The predicted octanol–water partition coefficient (Wildman–Crippen LogP) is 0.688. The summed E-state index contributed by atoms with van der Waals surface area (Å²) in [6.45, 7) is 0.431. The zero-order valence-electron chi connectivity index (χ0n) is 8.86. The highest BCUT2D eigenvalue weighted by Crippen LogP contribution is 2.23. The first kappa shape index (κ1) is 12.0. The van der Waals surface area contributed by atoms with E-state index >= 15 is 0 Å². The van der Waals surface area contributed by atoms with Crippen LogP contribution in [0, 0.1) is 0 Å². The Hall–Kier alpha value is -1.07. The summed E-state index contributed by atoms with van der Waals surface area (Å²) < 4.78 is 28.7. The Morgan fingerprint density at radius 2 is 2.00 bits per heavy atom. The lowest BCUT2D eigenvalue weighted by molar-refractivity contribution is 0.402. The summed E-state index contributed by atoms with van der Waals surface area (Å²) in [4.78, 5) is 0.253. The van der Waals surface area contributed by atoms with Gasteiger partial charge in [-0.05, 0) is 19.2 Å². The molecule has 0 aliphatic heterocycles. The molecule has 0 atom stereocenters. The minimum atomic E-state index is -3.25. The number of para-hydroxylation sites is 1. The fraction of sp³-hybridized carbons (Fsp3) is 0.400. The van der Waals surface area contributed by atoms with Gasteiger partial charge < -0.3 is 10.1 Å². The Kier molecular flexibility index (Phi) is 4.11. The molecule has 0 unspecified atom stereocenters. The van der Waals surface area contributed by atoms with Crippen molar-refractivity contribution in [3.05, 3.63) is 24.3 Å². The van der Waals surface area contributed by atoms with Crippen LogP contribution in [0.3, 0.4) is 0 Å². The Morgan fingerprint density at radius 3 is 2.60 bits per heavy atom. The first-order valence-corrected chi connectivity index (χ1v) is 6.27. The molecule has 0 aromatic heterocycles. The van der Waals surface area contributed by atoms with Crippen LogP contribution in [0.2, 0.25) is 0 Å². The summed E-state index contributed by atoms with van der Waals surface area (Å²) in [6, 6.07) is 6.64. The second-order valence-electron chi connectivity index (χ2n) is 3.07. The number of ether oxygens (including phenoxy) is 1. The van der Waals surface area contributed by atoms with Crippen molar-refractivity contribution in [2.75, 3.05) is 26.5 Å². The molecule has 0 amide bonds. The van der Waals surface area contributed by atoms with Gasteiger partial charge in [-0.15, -0.1) is 0 Å². The first-order valence-electron chi connectivity index (χ1n) is 4.62. The first-order chi connectivity index (χ1) is 7.11. The number of nitrogens with one attached hydrogen (secondary N) is 1. The largest absolute Gasteiger partial charge is 0.495 e. The third-order valence-electron chi connectivity index (χ3n) is 2.02. The average Bonchev–Trinajstić information content (AvgIpc) is 2.26. The zero-order chi connectivity index (χ0) is 11.3. The van der Waals surface area contributed by atoms with Crippen molar-refractivity contribution in [3.63, 3.8) is 0 Å². The van der Waals surface area contributed by atoms with E-state index in [4.69, 9.17) is 4.74 Å². The number of rotatable bonds is 5. The van der Waals surface area contributed by atoms with Crippen LogP contribution < -0.4 is 10.1 Å². The van der Waals surface area contributed by atoms with E-state index in [9.17, 15) is 8.42 Å². The van der Waals surface area contributed by atoms with E-state index in [0.29, 0.717) is 12.3 Å². The minimum Gasteiger partial charge on any atom is -0.495 e. The van der Waals surface area contributed by atoms with E-state index in [1.165, 1.54) is 7.11 Å². The van der Waals surface area contributed by atoms with Crippen LogP contribution in [0.4, 0.5) is 0 Å². The maximum absolute atomic E-state index is 11.9. The van der Waals surface area contributed by atoms with Crippen molar-refractivity contribution < 1.29 is 13.2 Å². The fourth-order valence-electron chi connectivity index (χ4n) is 1.22. The highest BCUT2D eigenvalue weighted by molar-refractivity contribution is 7.91. The molecule has 0 aliphatic rings. The van der Waals surface area contributed by atoms with Crippen molar-refractivity contribution in [2.45, 2.75) is 4.90 Å². The van der Waals surface area contributed by atoms with Gasteiger partial charge in [-0.25, -0.2) is 8.42 Å². The smallest absolute Gasteiger partial charge is 0.183 e. The molecule has 1 rings (SSSR count). The lowest BCUT2D eigenvalue weighted by atomic mass is 10.3. The molecule has 1 aromatic carbocycles. The fourth-order valence-corrected chi connectivity index (χ4v) is 2.66. The molecule has 0 radical (unpaired) electrons. The van der Waals surface area contributed by atoms with Gasteiger partial charge in [0.2, 0.25) is 0 Å². The highest BCUT2D eigenvalue weighted by Gasteiger charge is 2.17. The van der Waals surface area contributed by atoms with Crippen LogP contribution in [-0.4, -0.2) is 34.9 Å². The van der Waals surface area contributed by atoms with Crippen LogP contribution in [0.25, 0.3) is 0 Å². The van der Waals surface area contributed by atoms with Gasteiger partial charge in [0, 0.05) is 6.54 Å². The number of hydrogen-bond donors (Lipinski definition) is 1. The van der Waals surface area contributed by atoms with E-state index in [0.717, 1.165) is 0 Å². The third-order valence-corrected chi connectivity index (χ3v) is 3.77. The molecule has 1 N–H and O–H groups in total. The Balaban J connectivity index is 3.04. The average molecular weight is 229 g/mol. The molecule has 15 heavy (non-hydrogen) atoms. The number of benzene rings is 1. The molecule has 5 heteroatoms.